The van der Waals surface area contributed by atoms with Crippen molar-refractivity contribution in [2.45, 2.75) is 26.8 Å². The van der Waals surface area contributed by atoms with E-state index < -0.39 is 0 Å². The van der Waals surface area contributed by atoms with Crippen LogP contribution >= 0.6 is 11.6 Å². The van der Waals surface area contributed by atoms with Crippen LogP contribution in [0.25, 0.3) is 17.0 Å². The number of hydrogen-bond donors (Lipinski definition) is 0. The van der Waals surface area contributed by atoms with Gasteiger partial charge in [0.25, 0.3) is 0 Å². The summed E-state index contributed by atoms with van der Waals surface area (Å²) >= 11 is 6.35. The summed E-state index contributed by atoms with van der Waals surface area (Å²) < 4.78 is 11.1. The number of hydrogen-bond acceptors (Lipinski definition) is 5. The SMILES string of the molecule is CCCOc1c(Cl)cc(C=CC(=O)N(C)Cc2nc(C)c3ccccc3n2)cc1OC. The maximum Gasteiger partial charge on any atom is 0.246 e. The molecule has 31 heavy (non-hydrogen) atoms. The Hall–Kier alpha value is -3.12. The van der Waals surface area contributed by atoms with E-state index in [0.29, 0.717) is 35.5 Å². The normalized spacial score (nSPS) is 11.1. The van der Waals surface area contributed by atoms with Gasteiger partial charge in [0.05, 0.1) is 30.8 Å². The first-order valence-electron chi connectivity index (χ1n) is 10.1. The van der Waals surface area contributed by atoms with Crippen molar-refractivity contribution in [3.8, 4) is 11.5 Å². The predicted molar refractivity (Wildman–Crippen MR) is 124 cm³/mol. The number of carbonyl (C=O) groups is 1. The molecule has 2 aromatic carbocycles. The van der Waals surface area contributed by atoms with Crippen LogP contribution in [0.4, 0.5) is 0 Å². The highest BCUT2D eigenvalue weighted by Crippen LogP contribution is 2.36. The molecule has 0 aliphatic carbocycles. The molecule has 7 heteroatoms. The number of benzene rings is 2. The Bertz CT molecular complexity index is 1110. The van der Waals surface area contributed by atoms with Gasteiger partial charge in [0.1, 0.15) is 5.82 Å². The lowest BCUT2D eigenvalue weighted by Gasteiger charge is -2.15. The van der Waals surface area contributed by atoms with Gasteiger partial charge in [-0.1, -0.05) is 36.7 Å². The molecule has 0 fully saturated rings. The van der Waals surface area contributed by atoms with Gasteiger partial charge < -0.3 is 14.4 Å². The van der Waals surface area contributed by atoms with E-state index in [4.69, 9.17) is 21.1 Å². The van der Waals surface area contributed by atoms with Crippen molar-refractivity contribution in [3.63, 3.8) is 0 Å². The Morgan fingerprint density at radius 1 is 1.23 bits per heavy atom. The Morgan fingerprint density at radius 3 is 2.74 bits per heavy atom. The number of fused-ring (bicyclic) bond motifs is 1. The molecule has 0 aliphatic rings. The first-order valence-corrected chi connectivity index (χ1v) is 10.5. The Kier molecular flexibility index (Phi) is 7.47. The zero-order chi connectivity index (χ0) is 22.4. The molecule has 1 heterocycles. The minimum Gasteiger partial charge on any atom is -0.493 e. The molecule has 0 bridgehead atoms. The number of ether oxygens (including phenoxy) is 2. The van der Waals surface area contributed by atoms with Crippen molar-refractivity contribution in [1.29, 1.82) is 0 Å². The zero-order valence-electron chi connectivity index (χ0n) is 18.2. The summed E-state index contributed by atoms with van der Waals surface area (Å²) in [6.45, 7) is 4.82. The lowest BCUT2D eigenvalue weighted by atomic mass is 10.1. The second-order valence-electron chi connectivity index (χ2n) is 7.15. The van der Waals surface area contributed by atoms with Gasteiger partial charge in [0.15, 0.2) is 11.5 Å². The van der Waals surface area contributed by atoms with Crippen LogP contribution in [0.15, 0.2) is 42.5 Å². The van der Waals surface area contributed by atoms with Gasteiger partial charge in [0, 0.05) is 24.2 Å². The van der Waals surface area contributed by atoms with Crippen LogP contribution in [0.2, 0.25) is 5.02 Å². The van der Waals surface area contributed by atoms with E-state index in [1.807, 2.05) is 38.1 Å². The van der Waals surface area contributed by atoms with Crippen LogP contribution in [-0.4, -0.2) is 41.5 Å². The largest absolute Gasteiger partial charge is 0.493 e. The first-order chi connectivity index (χ1) is 14.9. The fraction of sp³-hybridized carbons (Fsp3) is 0.292. The molecular formula is C24H26ClN3O3. The van der Waals surface area contributed by atoms with Crippen LogP contribution in [-0.2, 0) is 11.3 Å². The van der Waals surface area contributed by atoms with Crippen molar-refractivity contribution < 1.29 is 14.3 Å². The third kappa shape index (κ3) is 5.52. The van der Waals surface area contributed by atoms with E-state index in [-0.39, 0.29) is 5.91 Å². The summed E-state index contributed by atoms with van der Waals surface area (Å²) in [6.07, 6.45) is 4.05. The van der Waals surface area contributed by atoms with E-state index in [1.165, 1.54) is 6.08 Å². The lowest BCUT2D eigenvalue weighted by Crippen LogP contribution is -2.25. The molecule has 0 saturated heterocycles. The number of amides is 1. The quantitative estimate of drug-likeness (QED) is 0.459. The van der Waals surface area contributed by atoms with Crippen LogP contribution < -0.4 is 9.47 Å². The van der Waals surface area contributed by atoms with E-state index in [1.54, 1.807) is 37.3 Å². The monoisotopic (exact) mass is 439 g/mol. The summed E-state index contributed by atoms with van der Waals surface area (Å²) in [5.41, 5.74) is 2.50. The average molecular weight is 440 g/mol. The summed E-state index contributed by atoms with van der Waals surface area (Å²) in [6, 6.07) is 11.4. The summed E-state index contributed by atoms with van der Waals surface area (Å²) in [7, 11) is 3.28. The van der Waals surface area contributed by atoms with Gasteiger partial charge in [-0.3, -0.25) is 4.79 Å². The van der Waals surface area contributed by atoms with Crippen molar-refractivity contribution in [2.75, 3.05) is 20.8 Å². The highest BCUT2D eigenvalue weighted by Gasteiger charge is 2.13. The topological polar surface area (TPSA) is 64.5 Å². The van der Waals surface area contributed by atoms with Gasteiger partial charge in [-0.2, -0.15) is 0 Å². The standard InChI is InChI=1S/C24H26ClN3O3/c1-5-12-31-24-19(25)13-17(14-21(24)30-4)10-11-23(29)28(3)15-22-26-16(2)18-8-6-7-9-20(18)27-22/h6-11,13-14H,5,12,15H2,1-4H3. The molecule has 0 aliphatic heterocycles. The molecule has 0 spiro atoms. The number of aromatic nitrogens is 2. The molecule has 6 nitrogen and oxygen atoms in total. The van der Waals surface area contributed by atoms with E-state index in [2.05, 4.69) is 9.97 Å². The maximum absolute atomic E-state index is 12.6. The van der Waals surface area contributed by atoms with Crippen molar-refractivity contribution in [2.24, 2.45) is 0 Å². The first kappa shape index (κ1) is 22.6. The lowest BCUT2D eigenvalue weighted by molar-refractivity contribution is -0.125. The van der Waals surface area contributed by atoms with E-state index >= 15 is 0 Å². The number of aryl methyl sites for hydroxylation is 1. The molecule has 1 aromatic heterocycles. The van der Waals surface area contributed by atoms with Gasteiger partial charge in [-0.25, -0.2) is 9.97 Å². The number of nitrogens with zero attached hydrogens (tertiary/aromatic N) is 3. The predicted octanol–water partition coefficient (Wildman–Crippen LogP) is 5.06. The number of carbonyl (C=O) groups excluding carboxylic acids is 1. The van der Waals surface area contributed by atoms with Crippen LogP contribution in [0.1, 0.15) is 30.4 Å². The number of methoxy groups -OCH3 is 1. The summed E-state index contributed by atoms with van der Waals surface area (Å²) in [5.74, 6) is 1.47. The molecule has 0 N–H and O–H groups in total. The molecule has 0 atom stereocenters. The number of para-hydroxylation sites is 1. The van der Waals surface area contributed by atoms with Crippen molar-refractivity contribution >= 4 is 34.5 Å². The van der Waals surface area contributed by atoms with Gasteiger partial charge in [0.2, 0.25) is 5.91 Å². The van der Waals surface area contributed by atoms with Crippen molar-refractivity contribution in [3.05, 3.63) is 64.6 Å². The summed E-state index contributed by atoms with van der Waals surface area (Å²) in [4.78, 5) is 23.3. The fourth-order valence-corrected chi connectivity index (χ4v) is 3.40. The Morgan fingerprint density at radius 2 is 2.00 bits per heavy atom. The van der Waals surface area contributed by atoms with Crippen molar-refractivity contribution in [1.82, 2.24) is 14.9 Å². The molecule has 1 amide bonds. The zero-order valence-corrected chi connectivity index (χ0v) is 18.9. The van der Waals surface area contributed by atoms with Crippen LogP contribution in [0, 0.1) is 6.92 Å². The highest BCUT2D eigenvalue weighted by molar-refractivity contribution is 6.32. The van der Waals surface area contributed by atoms with E-state index in [9.17, 15) is 4.79 Å². The minimum atomic E-state index is -0.171. The van der Waals surface area contributed by atoms with Crippen LogP contribution in [0.3, 0.4) is 0 Å². The third-order valence-electron chi connectivity index (χ3n) is 4.72. The van der Waals surface area contributed by atoms with E-state index in [0.717, 1.165) is 28.6 Å². The smallest absolute Gasteiger partial charge is 0.246 e. The second-order valence-corrected chi connectivity index (χ2v) is 7.56. The van der Waals surface area contributed by atoms with Gasteiger partial charge >= 0.3 is 0 Å². The second kappa shape index (κ2) is 10.3. The number of halogens is 1. The molecule has 3 rings (SSSR count). The maximum atomic E-state index is 12.6. The molecule has 0 radical (unpaired) electrons. The number of rotatable bonds is 8. The summed E-state index contributed by atoms with van der Waals surface area (Å²) in [5, 5.41) is 1.45. The molecular weight excluding hydrogens is 414 g/mol. The molecule has 162 valence electrons. The third-order valence-corrected chi connectivity index (χ3v) is 5.00. The Balaban J connectivity index is 1.73. The van der Waals surface area contributed by atoms with Gasteiger partial charge in [-0.15, -0.1) is 0 Å². The average Bonchev–Trinajstić information content (AvgIpc) is 2.76. The highest BCUT2D eigenvalue weighted by atomic mass is 35.5. The molecule has 0 saturated carbocycles. The molecule has 0 unspecified atom stereocenters. The van der Waals surface area contributed by atoms with Crippen LogP contribution in [0.5, 0.6) is 11.5 Å². The Labute approximate surface area is 187 Å². The fourth-order valence-electron chi connectivity index (χ4n) is 3.13. The van der Waals surface area contributed by atoms with Gasteiger partial charge in [-0.05, 0) is 43.2 Å². The number of likely N-dealkylation sites (N-methyl/N-ethyl adjacent to an activating group) is 1. The minimum absolute atomic E-state index is 0.171. The molecule has 3 aromatic rings.